The van der Waals surface area contributed by atoms with Gasteiger partial charge in [0.1, 0.15) is 17.1 Å². The Morgan fingerprint density at radius 2 is 1.37 bits per heavy atom. The fourth-order valence-corrected chi connectivity index (χ4v) is 8.46. The van der Waals surface area contributed by atoms with Gasteiger partial charge in [0, 0.05) is 29.1 Å². The summed E-state index contributed by atoms with van der Waals surface area (Å²) in [7, 11) is 0. The van der Waals surface area contributed by atoms with Crippen LogP contribution in [0.3, 0.4) is 0 Å². The number of hydrogen-bond donors (Lipinski definition) is 1. The minimum atomic E-state index is -0.567. The Morgan fingerprint density at radius 1 is 0.816 bits per heavy atom. The molecule has 7 heteroatoms. The number of hydrogen-bond acceptors (Lipinski definition) is 5. The molecule has 0 aromatic heterocycles. The number of rotatable bonds is 17. The van der Waals surface area contributed by atoms with Crippen molar-refractivity contribution in [2.75, 3.05) is 0 Å². The fourth-order valence-electron chi connectivity index (χ4n) is 8.46. The van der Waals surface area contributed by atoms with E-state index in [1.165, 1.54) is 51.4 Å². The third kappa shape index (κ3) is 11.7. The van der Waals surface area contributed by atoms with Crippen molar-refractivity contribution in [3.8, 4) is 11.5 Å². The van der Waals surface area contributed by atoms with E-state index in [1.807, 2.05) is 41.5 Å². The van der Waals surface area contributed by atoms with E-state index in [9.17, 15) is 14.8 Å². The third-order valence-electron chi connectivity index (χ3n) is 11.6. The molecule has 0 unspecified atom stereocenters. The van der Waals surface area contributed by atoms with Gasteiger partial charge in [0.25, 0.3) is 0 Å². The molecule has 7 nitrogen and oxygen atoms in total. The predicted octanol–water partition coefficient (Wildman–Crippen LogP) is 10.3. The van der Waals surface area contributed by atoms with Gasteiger partial charge < -0.3 is 14.8 Å². The summed E-state index contributed by atoms with van der Waals surface area (Å²) in [5.74, 6) is 3.36. The number of carbonyl (C=O) groups is 2. The van der Waals surface area contributed by atoms with E-state index in [1.54, 1.807) is 0 Å². The van der Waals surface area contributed by atoms with E-state index in [-0.39, 0.29) is 30.4 Å². The molecule has 2 aliphatic heterocycles. The summed E-state index contributed by atoms with van der Waals surface area (Å²) in [6.07, 6.45) is 14.6. The van der Waals surface area contributed by atoms with Gasteiger partial charge in [0.2, 0.25) is 5.91 Å². The maximum Gasteiger partial charge on any atom is 0.311 e. The summed E-state index contributed by atoms with van der Waals surface area (Å²) in [5, 5.41) is 16.9. The molecule has 3 atom stereocenters. The molecule has 2 heterocycles. The zero-order valence-corrected chi connectivity index (χ0v) is 33.4. The molecule has 1 fully saturated rings. The normalized spacial score (nSPS) is 21.9. The Labute approximate surface area is 299 Å². The molecule has 0 aliphatic carbocycles. The molecular formula is C42H71N2O5. The number of carbonyl (C=O) groups excluding carboxylic acids is 2. The van der Waals surface area contributed by atoms with Gasteiger partial charge in [-0.15, -0.1) is 10.3 Å². The van der Waals surface area contributed by atoms with Crippen LogP contribution < -0.4 is 14.8 Å². The van der Waals surface area contributed by atoms with Gasteiger partial charge in [0.15, 0.2) is 0 Å². The quantitative estimate of drug-likeness (QED) is 0.130. The molecule has 0 spiro atoms. The lowest BCUT2D eigenvalue weighted by Gasteiger charge is -2.50. The molecule has 1 N–H and O–H groups in total. The number of hydroxylamine groups is 2. The number of fused-ring (bicyclic) bond motifs is 1. The topological polar surface area (TPSA) is 87.8 Å². The highest BCUT2D eigenvalue weighted by molar-refractivity contribution is 5.82. The molecular weight excluding hydrogens is 612 g/mol. The van der Waals surface area contributed by atoms with E-state index in [2.05, 4.69) is 46.9 Å². The van der Waals surface area contributed by atoms with E-state index in [0.29, 0.717) is 18.6 Å². The Bertz CT molecular complexity index is 1250. The standard InChI is InChI=1S/C42H71N2O5/c1-28(2)16-13-17-29(3)18-14-19-30(4)20-15-24-42(12)25-23-35-33(7)38(31(5)32(6)39(35)49-42)48-37(46)22-21-36(45)43-34-26-40(8,9)44(47)41(10,11)27-34/h28-30,34H,13-27H2,1-12H3,(H,43,45)/t29-,30-,42-/m1/s1. The summed E-state index contributed by atoms with van der Waals surface area (Å²) >= 11 is 0. The molecule has 1 radical (unpaired) electrons. The van der Waals surface area contributed by atoms with E-state index in [4.69, 9.17) is 9.47 Å². The molecule has 49 heavy (non-hydrogen) atoms. The van der Waals surface area contributed by atoms with Crippen molar-refractivity contribution in [1.82, 2.24) is 10.4 Å². The zero-order valence-electron chi connectivity index (χ0n) is 33.4. The van der Waals surface area contributed by atoms with Crippen molar-refractivity contribution in [2.24, 2.45) is 17.8 Å². The van der Waals surface area contributed by atoms with Crippen LogP contribution in [-0.2, 0) is 21.2 Å². The lowest BCUT2D eigenvalue weighted by Crippen LogP contribution is -2.62. The molecule has 2 aliphatic rings. The summed E-state index contributed by atoms with van der Waals surface area (Å²) in [6, 6.07) is -0.108. The van der Waals surface area contributed by atoms with Crippen LogP contribution in [0.15, 0.2) is 0 Å². The summed E-state index contributed by atoms with van der Waals surface area (Å²) in [6.45, 7) is 25.5. The summed E-state index contributed by atoms with van der Waals surface area (Å²) in [5.41, 5.74) is 2.70. The fraction of sp³-hybridized carbons (Fsp3) is 0.810. The predicted molar refractivity (Wildman–Crippen MR) is 199 cm³/mol. The summed E-state index contributed by atoms with van der Waals surface area (Å²) in [4.78, 5) is 25.8. The first-order valence-corrected chi connectivity index (χ1v) is 19.5. The smallest absolute Gasteiger partial charge is 0.311 e. The number of ether oxygens (including phenoxy) is 2. The number of nitrogens with zero attached hydrogens (tertiary/aromatic N) is 1. The molecule has 0 bridgehead atoms. The minimum Gasteiger partial charge on any atom is -0.487 e. The highest BCUT2D eigenvalue weighted by Crippen LogP contribution is 2.45. The second-order valence-corrected chi connectivity index (χ2v) is 18.0. The second kappa shape index (κ2) is 17.4. The van der Waals surface area contributed by atoms with Gasteiger partial charge in [-0.2, -0.15) is 0 Å². The molecule has 279 valence electrons. The first-order valence-electron chi connectivity index (χ1n) is 19.5. The van der Waals surface area contributed by atoms with E-state index >= 15 is 0 Å². The van der Waals surface area contributed by atoms with Crippen LogP contribution in [0.5, 0.6) is 11.5 Å². The monoisotopic (exact) mass is 684 g/mol. The lowest BCUT2D eigenvalue weighted by atomic mass is 9.79. The lowest BCUT2D eigenvalue weighted by molar-refractivity contribution is -0.290. The van der Waals surface area contributed by atoms with Crippen molar-refractivity contribution < 1.29 is 24.3 Å². The van der Waals surface area contributed by atoms with Crippen molar-refractivity contribution in [3.05, 3.63) is 22.3 Å². The minimum absolute atomic E-state index is 0.00164. The van der Waals surface area contributed by atoms with Gasteiger partial charge in [-0.25, -0.2) is 0 Å². The molecule has 1 aromatic rings. The van der Waals surface area contributed by atoms with Crippen LogP contribution in [0, 0.1) is 38.5 Å². The Balaban J connectivity index is 1.48. The number of amides is 1. The highest BCUT2D eigenvalue weighted by atomic mass is 16.5. The van der Waals surface area contributed by atoms with Crippen LogP contribution >= 0.6 is 0 Å². The van der Waals surface area contributed by atoms with Gasteiger partial charge in [-0.1, -0.05) is 72.6 Å². The Kier molecular flexibility index (Phi) is 14.7. The number of nitrogens with one attached hydrogen (secondary N) is 1. The maximum atomic E-state index is 13.0. The zero-order chi connectivity index (χ0) is 36.7. The van der Waals surface area contributed by atoms with Crippen molar-refractivity contribution in [2.45, 2.75) is 202 Å². The largest absolute Gasteiger partial charge is 0.487 e. The first-order chi connectivity index (χ1) is 22.7. The average molecular weight is 684 g/mol. The van der Waals surface area contributed by atoms with Gasteiger partial charge >= 0.3 is 5.97 Å². The molecule has 1 saturated heterocycles. The maximum absolute atomic E-state index is 13.0. The SMILES string of the molecule is Cc1c(C)c2c(c(C)c1OC(=O)CCC(=O)NC1CC(C)(C)N([O])C(C)(C)C1)CC[C@@](C)(CCC[C@H](C)CCC[C@H](C)CCCC(C)C)O2. The van der Waals surface area contributed by atoms with Crippen LogP contribution in [0.25, 0.3) is 0 Å². The van der Waals surface area contributed by atoms with Crippen LogP contribution in [0.4, 0.5) is 0 Å². The average Bonchev–Trinajstić information content (AvgIpc) is 2.99. The third-order valence-corrected chi connectivity index (χ3v) is 11.6. The molecule has 3 rings (SSSR count). The Hall–Kier alpha value is -2.12. The molecule has 1 amide bonds. The van der Waals surface area contributed by atoms with Crippen molar-refractivity contribution >= 4 is 11.9 Å². The number of benzene rings is 1. The summed E-state index contributed by atoms with van der Waals surface area (Å²) < 4.78 is 12.7. The van der Waals surface area contributed by atoms with Crippen LogP contribution in [-0.4, -0.2) is 39.7 Å². The highest BCUT2D eigenvalue weighted by Gasteiger charge is 2.46. The van der Waals surface area contributed by atoms with Crippen molar-refractivity contribution in [1.29, 1.82) is 0 Å². The second-order valence-electron chi connectivity index (χ2n) is 18.0. The van der Waals surface area contributed by atoms with Crippen molar-refractivity contribution in [3.63, 3.8) is 0 Å². The molecule has 1 aromatic carbocycles. The first kappa shape index (κ1) is 41.3. The molecule has 0 saturated carbocycles. The van der Waals surface area contributed by atoms with Crippen LogP contribution in [0.1, 0.15) is 174 Å². The number of esters is 1. The number of piperidine rings is 1. The van der Waals surface area contributed by atoms with E-state index < -0.39 is 17.0 Å². The van der Waals surface area contributed by atoms with Gasteiger partial charge in [0.05, 0.1) is 6.42 Å². The Morgan fingerprint density at radius 3 is 1.94 bits per heavy atom. The van der Waals surface area contributed by atoms with Crippen LogP contribution in [0.2, 0.25) is 0 Å². The van der Waals surface area contributed by atoms with Gasteiger partial charge in [-0.05, 0) is 128 Å². The van der Waals surface area contributed by atoms with Gasteiger partial charge in [-0.3, -0.25) is 9.59 Å². The van der Waals surface area contributed by atoms with E-state index in [0.717, 1.165) is 70.1 Å².